The highest BCUT2D eigenvalue weighted by atomic mass is 16.5. The zero-order valence-corrected chi connectivity index (χ0v) is 19.8. The number of benzene rings is 2. The highest BCUT2D eigenvalue weighted by Crippen LogP contribution is 2.48. The van der Waals surface area contributed by atoms with Gasteiger partial charge in [0.25, 0.3) is 5.91 Å². The molecule has 2 heterocycles. The van der Waals surface area contributed by atoms with Crippen molar-refractivity contribution in [3.05, 3.63) is 52.2 Å². The standard InChI is InChI=1S/C25H29N3O5/c1-7-8-28-23(15-11-17(31-4)24(33-6)18(12-15)32-5)20-21(26-27-22(20)25(28)30)19-14(3)9-13(2)10-16(19)29/h9-12,23,29H,7-8H2,1-6H3,(H,26,27). The Kier molecular flexibility index (Phi) is 5.93. The number of methoxy groups -OCH3 is 3. The number of H-pyrrole nitrogens is 1. The number of phenols is 1. The second kappa shape index (κ2) is 8.69. The molecule has 4 rings (SSSR count). The van der Waals surface area contributed by atoms with Crippen molar-refractivity contribution in [2.45, 2.75) is 33.2 Å². The van der Waals surface area contributed by atoms with Crippen LogP contribution >= 0.6 is 0 Å². The Morgan fingerprint density at radius 1 is 1.06 bits per heavy atom. The van der Waals surface area contributed by atoms with Crippen LogP contribution in [0.1, 0.15) is 52.1 Å². The molecule has 1 amide bonds. The van der Waals surface area contributed by atoms with E-state index in [9.17, 15) is 9.90 Å². The SMILES string of the molecule is CCCN1C(=O)c2[nH]nc(-c3c(C)cc(C)cc3O)c2C1c1cc(OC)c(OC)c(OC)c1. The summed E-state index contributed by atoms with van der Waals surface area (Å²) in [6, 6.07) is 6.98. The Morgan fingerprint density at radius 2 is 1.73 bits per heavy atom. The van der Waals surface area contributed by atoms with Crippen molar-refractivity contribution in [2.24, 2.45) is 0 Å². The van der Waals surface area contributed by atoms with E-state index in [1.165, 1.54) is 0 Å². The first-order valence-electron chi connectivity index (χ1n) is 10.9. The molecule has 0 fully saturated rings. The maximum absolute atomic E-state index is 13.4. The van der Waals surface area contributed by atoms with E-state index in [1.54, 1.807) is 27.4 Å². The first-order valence-corrected chi connectivity index (χ1v) is 10.9. The molecule has 0 radical (unpaired) electrons. The fraction of sp³-hybridized carbons (Fsp3) is 0.360. The number of fused-ring (bicyclic) bond motifs is 1. The molecular weight excluding hydrogens is 422 g/mol. The quantitative estimate of drug-likeness (QED) is 0.553. The van der Waals surface area contributed by atoms with Gasteiger partial charge in [0.1, 0.15) is 17.1 Å². The van der Waals surface area contributed by atoms with E-state index < -0.39 is 6.04 Å². The molecule has 174 valence electrons. The summed E-state index contributed by atoms with van der Waals surface area (Å²) in [6.07, 6.45) is 0.786. The number of amides is 1. The second-order valence-corrected chi connectivity index (χ2v) is 8.20. The molecule has 1 aliphatic rings. The lowest BCUT2D eigenvalue weighted by atomic mass is 9.92. The summed E-state index contributed by atoms with van der Waals surface area (Å²) in [4.78, 5) is 15.2. The van der Waals surface area contributed by atoms with Crippen LogP contribution in [0.15, 0.2) is 24.3 Å². The van der Waals surface area contributed by atoms with Crippen molar-refractivity contribution in [3.8, 4) is 34.3 Å². The maximum atomic E-state index is 13.4. The molecule has 1 aromatic heterocycles. The topological polar surface area (TPSA) is 96.9 Å². The number of aromatic nitrogens is 2. The highest BCUT2D eigenvalue weighted by Gasteiger charge is 2.43. The molecule has 1 atom stereocenters. The third kappa shape index (κ3) is 3.55. The van der Waals surface area contributed by atoms with Gasteiger partial charge in [-0.1, -0.05) is 13.0 Å². The maximum Gasteiger partial charge on any atom is 0.273 e. The van der Waals surface area contributed by atoms with Crippen LogP contribution in [0, 0.1) is 13.8 Å². The summed E-state index contributed by atoms with van der Waals surface area (Å²) in [7, 11) is 4.68. The minimum absolute atomic E-state index is 0.131. The van der Waals surface area contributed by atoms with E-state index >= 15 is 0 Å². The monoisotopic (exact) mass is 451 g/mol. The predicted molar refractivity (Wildman–Crippen MR) is 124 cm³/mol. The average molecular weight is 452 g/mol. The lowest BCUT2D eigenvalue weighted by Gasteiger charge is -2.27. The summed E-state index contributed by atoms with van der Waals surface area (Å²) in [5.74, 6) is 1.49. The van der Waals surface area contributed by atoms with Crippen molar-refractivity contribution >= 4 is 5.91 Å². The fourth-order valence-electron chi connectivity index (χ4n) is 4.72. The van der Waals surface area contributed by atoms with Crippen molar-refractivity contribution in [1.29, 1.82) is 0 Å². The van der Waals surface area contributed by atoms with E-state index in [2.05, 4.69) is 10.2 Å². The van der Waals surface area contributed by atoms with Gasteiger partial charge >= 0.3 is 0 Å². The van der Waals surface area contributed by atoms with Gasteiger partial charge in [0.05, 0.1) is 27.4 Å². The van der Waals surface area contributed by atoms with Gasteiger partial charge in [-0.25, -0.2) is 0 Å². The number of carbonyl (C=O) groups is 1. The number of hydrogen-bond acceptors (Lipinski definition) is 6. The van der Waals surface area contributed by atoms with Gasteiger partial charge in [0.15, 0.2) is 11.5 Å². The van der Waals surface area contributed by atoms with Gasteiger partial charge in [0, 0.05) is 17.7 Å². The number of phenolic OH excluding ortho intramolecular Hbond substituents is 1. The van der Waals surface area contributed by atoms with E-state index in [1.807, 2.05) is 43.9 Å². The highest BCUT2D eigenvalue weighted by molar-refractivity contribution is 6.00. The third-order valence-electron chi connectivity index (χ3n) is 6.03. The van der Waals surface area contributed by atoms with Gasteiger partial charge in [-0.2, -0.15) is 5.10 Å². The molecular formula is C25H29N3O5. The minimum Gasteiger partial charge on any atom is -0.507 e. The van der Waals surface area contributed by atoms with E-state index in [-0.39, 0.29) is 11.7 Å². The van der Waals surface area contributed by atoms with E-state index in [0.717, 1.165) is 28.7 Å². The number of nitrogens with one attached hydrogen (secondary N) is 1. The zero-order chi connectivity index (χ0) is 23.9. The lowest BCUT2D eigenvalue weighted by molar-refractivity contribution is 0.0743. The van der Waals surface area contributed by atoms with Crippen LogP contribution in [0.4, 0.5) is 0 Å². The lowest BCUT2D eigenvalue weighted by Crippen LogP contribution is -2.30. The van der Waals surface area contributed by atoms with Crippen molar-refractivity contribution in [1.82, 2.24) is 15.1 Å². The van der Waals surface area contributed by atoms with Gasteiger partial charge < -0.3 is 24.2 Å². The predicted octanol–water partition coefficient (Wildman–Crippen LogP) is 4.38. The number of ether oxygens (including phenoxy) is 3. The molecule has 1 aliphatic heterocycles. The number of rotatable bonds is 7. The van der Waals surface area contributed by atoms with Gasteiger partial charge in [-0.3, -0.25) is 9.89 Å². The van der Waals surface area contributed by atoms with Gasteiger partial charge in [-0.15, -0.1) is 0 Å². The van der Waals surface area contributed by atoms with Crippen LogP contribution in [-0.4, -0.2) is 54.0 Å². The molecule has 0 aliphatic carbocycles. The van der Waals surface area contributed by atoms with Crippen LogP contribution in [0.3, 0.4) is 0 Å². The second-order valence-electron chi connectivity index (χ2n) is 8.20. The van der Waals surface area contributed by atoms with Crippen LogP contribution in [0.25, 0.3) is 11.3 Å². The van der Waals surface area contributed by atoms with Crippen LogP contribution in [-0.2, 0) is 0 Å². The molecule has 2 aromatic carbocycles. The molecule has 33 heavy (non-hydrogen) atoms. The Hall–Kier alpha value is -3.68. The smallest absolute Gasteiger partial charge is 0.273 e. The molecule has 8 heteroatoms. The number of carbonyl (C=O) groups excluding carboxylic acids is 1. The van der Waals surface area contributed by atoms with Crippen molar-refractivity contribution in [2.75, 3.05) is 27.9 Å². The third-order valence-corrected chi connectivity index (χ3v) is 6.03. The first kappa shape index (κ1) is 22.5. The molecule has 0 saturated heterocycles. The first-order chi connectivity index (χ1) is 15.9. The van der Waals surface area contributed by atoms with Crippen LogP contribution in [0.2, 0.25) is 0 Å². The Labute approximate surface area is 193 Å². The number of hydrogen-bond donors (Lipinski definition) is 2. The molecule has 8 nitrogen and oxygen atoms in total. The van der Waals surface area contributed by atoms with Gasteiger partial charge in [-0.05, 0) is 55.2 Å². The molecule has 3 aromatic rings. The average Bonchev–Trinajstić information content (AvgIpc) is 3.31. The summed E-state index contributed by atoms with van der Waals surface area (Å²) in [6.45, 7) is 6.44. The summed E-state index contributed by atoms with van der Waals surface area (Å²) in [5, 5.41) is 18.2. The van der Waals surface area contributed by atoms with E-state index in [4.69, 9.17) is 14.2 Å². The normalized spacial score (nSPS) is 15.0. The van der Waals surface area contributed by atoms with Crippen molar-refractivity contribution < 1.29 is 24.1 Å². The van der Waals surface area contributed by atoms with Crippen LogP contribution in [0.5, 0.6) is 23.0 Å². The molecule has 1 unspecified atom stereocenters. The minimum atomic E-state index is -0.435. The Balaban J connectivity index is 1.98. The Bertz CT molecular complexity index is 1170. The summed E-state index contributed by atoms with van der Waals surface area (Å²) in [5.41, 5.74) is 4.96. The summed E-state index contributed by atoms with van der Waals surface area (Å²) < 4.78 is 16.6. The largest absolute Gasteiger partial charge is 0.507 e. The molecule has 0 saturated carbocycles. The fourth-order valence-corrected chi connectivity index (χ4v) is 4.72. The number of nitrogens with zero attached hydrogens (tertiary/aromatic N) is 2. The number of aromatic hydroxyl groups is 1. The number of aryl methyl sites for hydroxylation is 2. The molecule has 0 spiro atoms. The molecule has 0 bridgehead atoms. The summed E-state index contributed by atoms with van der Waals surface area (Å²) >= 11 is 0. The zero-order valence-electron chi connectivity index (χ0n) is 19.8. The van der Waals surface area contributed by atoms with Crippen molar-refractivity contribution in [3.63, 3.8) is 0 Å². The number of aromatic amines is 1. The van der Waals surface area contributed by atoms with Crippen LogP contribution < -0.4 is 14.2 Å². The molecule has 2 N–H and O–H groups in total. The Morgan fingerprint density at radius 3 is 2.27 bits per heavy atom. The van der Waals surface area contributed by atoms with Gasteiger partial charge in [0.2, 0.25) is 5.75 Å². The van der Waals surface area contributed by atoms with E-state index in [0.29, 0.717) is 40.7 Å².